The first-order valence-corrected chi connectivity index (χ1v) is 10.9. The van der Waals surface area contributed by atoms with Crippen molar-refractivity contribution >= 4 is 21.7 Å². The van der Waals surface area contributed by atoms with Gasteiger partial charge in [0.25, 0.3) is 0 Å². The summed E-state index contributed by atoms with van der Waals surface area (Å²) in [6, 6.07) is 8.68. The molecule has 0 aliphatic carbocycles. The molecule has 3 rings (SSSR count). The highest BCUT2D eigenvalue weighted by molar-refractivity contribution is 7.89. The normalized spacial score (nSPS) is 14.9. The fourth-order valence-corrected chi connectivity index (χ4v) is 4.21. The third-order valence-electron chi connectivity index (χ3n) is 4.40. The van der Waals surface area contributed by atoms with Crippen molar-refractivity contribution in [3.05, 3.63) is 42.1 Å². The minimum Gasteiger partial charge on any atom is -0.490 e. The van der Waals surface area contributed by atoms with Crippen LogP contribution in [-0.4, -0.2) is 38.6 Å². The molecule has 2 heterocycles. The van der Waals surface area contributed by atoms with Crippen molar-refractivity contribution in [1.29, 1.82) is 0 Å². The summed E-state index contributed by atoms with van der Waals surface area (Å²) < 4.78 is 39.5. The molecular weight excluding hydrogens is 394 g/mol. The predicted molar refractivity (Wildman–Crippen MR) is 109 cm³/mol. The molecular formula is C20H25N3O5S. The molecule has 1 aromatic heterocycles. The van der Waals surface area contributed by atoms with Crippen molar-refractivity contribution in [3.63, 3.8) is 0 Å². The van der Waals surface area contributed by atoms with E-state index in [1.54, 1.807) is 32.0 Å². The van der Waals surface area contributed by atoms with E-state index in [2.05, 4.69) is 15.0 Å². The number of aromatic nitrogens is 1. The summed E-state index contributed by atoms with van der Waals surface area (Å²) in [6.45, 7) is 6.31. The Balaban J connectivity index is 1.80. The van der Waals surface area contributed by atoms with E-state index in [-0.39, 0.29) is 10.8 Å². The molecule has 1 aliphatic rings. The molecule has 9 heteroatoms. The van der Waals surface area contributed by atoms with Crippen molar-refractivity contribution in [2.75, 3.05) is 18.5 Å². The molecule has 0 saturated heterocycles. The number of benzene rings is 1. The Kier molecular flexibility index (Phi) is 6.39. The zero-order valence-electron chi connectivity index (χ0n) is 16.6. The number of rotatable bonds is 6. The van der Waals surface area contributed by atoms with Crippen LogP contribution in [-0.2, 0) is 14.8 Å². The van der Waals surface area contributed by atoms with E-state index in [4.69, 9.17) is 9.47 Å². The van der Waals surface area contributed by atoms with Crippen molar-refractivity contribution < 1.29 is 22.7 Å². The van der Waals surface area contributed by atoms with Crippen LogP contribution >= 0.6 is 0 Å². The Morgan fingerprint density at radius 2 is 1.83 bits per heavy atom. The van der Waals surface area contributed by atoms with Crippen LogP contribution in [0, 0.1) is 12.8 Å². The zero-order chi connectivity index (χ0) is 21.0. The Morgan fingerprint density at radius 1 is 1.10 bits per heavy atom. The molecule has 0 bridgehead atoms. The molecule has 1 unspecified atom stereocenters. The third kappa shape index (κ3) is 5.24. The second kappa shape index (κ2) is 8.79. The van der Waals surface area contributed by atoms with Crippen molar-refractivity contribution in [2.45, 2.75) is 38.1 Å². The number of hydrogen-bond acceptors (Lipinski definition) is 6. The minimum absolute atomic E-state index is 0.00822. The van der Waals surface area contributed by atoms with Crippen LogP contribution in [0.3, 0.4) is 0 Å². The number of hydrogen-bond donors (Lipinski definition) is 2. The van der Waals surface area contributed by atoms with E-state index in [1.807, 2.05) is 13.0 Å². The summed E-state index contributed by atoms with van der Waals surface area (Å²) in [5.74, 6) is 0.492. The fourth-order valence-electron chi connectivity index (χ4n) is 2.85. The Labute approximate surface area is 170 Å². The number of pyridine rings is 1. The summed E-state index contributed by atoms with van der Waals surface area (Å²) in [4.78, 5) is 17.0. The third-order valence-corrected chi connectivity index (χ3v) is 5.84. The monoisotopic (exact) mass is 419 g/mol. The van der Waals surface area contributed by atoms with Gasteiger partial charge in [0.05, 0.1) is 18.1 Å². The molecule has 0 spiro atoms. The number of sulfonamides is 1. The first kappa shape index (κ1) is 21.1. The number of amides is 1. The number of nitrogens with one attached hydrogen (secondary N) is 2. The summed E-state index contributed by atoms with van der Waals surface area (Å²) in [5.41, 5.74) is 0.747. The van der Waals surface area contributed by atoms with Crippen molar-refractivity contribution in [3.8, 4) is 11.5 Å². The number of carbonyl (C=O) groups excluding carboxylic acids is 1. The zero-order valence-corrected chi connectivity index (χ0v) is 17.5. The van der Waals surface area contributed by atoms with Gasteiger partial charge in [-0.15, -0.1) is 0 Å². The largest absolute Gasteiger partial charge is 0.490 e. The van der Waals surface area contributed by atoms with Gasteiger partial charge in [0.1, 0.15) is 11.9 Å². The molecule has 1 aromatic carbocycles. The van der Waals surface area contributed by atoms with Gasteiger partial charge in [-0.25, -0.2) is 13.4 Å². The van der Waals surface area contributed by atoms with Gasteiger partial charge in [0.2, 0.25) is 15.9 Å². The van der Waals surface area contributed by atoms with Crippen LogP contribution in [0.15, 0.2) is 41.3 Å². The van der Waals surface area contributed by atoms with Gasteiger partial charge in [-0.3, -0.25) is 4.79 Å². The van der Waals surface area contributed by atoms with E-state index in [0.29, 0.717) is 30.5 Å². The average molecular weight is 420 g/mol. The molecule has 0 radical (unpaired) electrons. The van der Waals surface area contributed by atoms with E-state index in [1.165, 1.54) is 12.1 Å². The highest BCUT2D eigenvalue weighted by Gasteiger charge is 2.29. The Morgan fingerprint density at radius 3 is 2.52 bits per heavy atom. The van der Waals surface area contributed by atoms with Crippen LogP contribution < -0.4 is 19.5 Å². The van der Waals surface area contributed by atoms with Gasteiger partial charge in [0.15, 0.2) is 11.5 Å². The molecule has 1 aliphatic heterocycles. The lowest BCUT2D eigenvalue weighted by Crippen LogP contribution is -2.47. The SMILES string of the molecule is Cc1cccc(NC(=O)C(NS(=O)(=O)c2ccc3c(c2)OCCCO3)C(C)C)n1. The molecule has 1 amide bonds. The first-order chi connectivity index (χ1) is 13.8. The number of anilines is 1. The lowest BCUT2D eigenvalue weighted by Gasteiger charge is -2.21. The smallest absolute Gasteiger partial charge is 0.243 e. The van der Waals surface area contributed by atoms with Crippen LogP contribution in [0.1, 0.15) is 26.0 Å². The molecule has 0 fully saturated rings. The predicted octanol–water partition coefficient (Wildman–Crippen LogP) is 2.49. The van der Waals surface area contributed by atoms with E-state index >= 15 is 0 Å². The fraction of sp³-hybridized carbons (Fsp3) is 0.400. The van der Waals surface area contributed by atoms with Gasteiger partial charge in [-0.05, 0) is 37.1 Å². The number of aryl methyl sites for hydroxylation is 1. The van der Waals surface area contributed by atoms with Gasteiger partial charge >= 0.3 is 0 Å². The van der Waals surface area contributed by atoms with Crippen LogP contribution in [0.5, 0.6) is 11.5 Å². The highest BCUT2D eigenvalue weighted by Crippen LogP contribution is 2.32. The second-order valence-electron chi connectivity index (χ2n) is 7.16. The van der Waals surface area contributed by atoms with E-state index in [0.717, 1.165) is 12.1 Å². The van der Waals surface area contributed by atoms with Crippen LogP contribution in [0.2, 0.25) is 0 Å². The second-order valence-corrected chi connectivity index (χ2v) is 8.87. The van der Waals surface area contributed by atoms with Crippen LogP contribution in [0.4, 0.5) is 5.82 Å². The highest BCUT2D eigenvalue weighted by atomic mass is 32.2. The van der Waals surface area contributed by atoms with Crippen molar-refractivity contribution in [2.24, 2.45) is 5.92 Å². The maximum Gasteiger partial charge on any atom is 0.243 e. The lowest BCUT2D eigenvalue weighted by molar-refractivity contribution is -0.118. The maximum absolute atomic E-state index is 12.9. The lowest BCUT2D eigenvalue weighted by atomic mass is 10.1. The average Bonchev–Trinajstić information content (AvgIpc) is 2.90. The van der Waals surface area contributed by atoms with Gasteiger partial charge < -0.3 is 14.8 Å². The van der Waals surface area contributed by atoms with E-state index in [9.17, 15) is 13.2 Å². The summed E-state index contributed by atoms with van der Waals surface area (Å²) >= 11 is 0. The number of ether oxygens (including phenoxy) is 2. The summed E-state index contributed by atoms with van der Waals surface area (Å²) in [7, 11) is -3.96. The number of fused-ring (bicyclic) bond motifs is 1. The van der Waals surface area contributed by atoms with Crippen molar-refractivity contribution in [1.82, 2.24) is 9.71 Å². The van der Waals surface area contributed by atoms with Gasteiger partial charge in [0, 0.05) is 18.2 Å². The van der Waals surface area contributed by atoms with E-state index < -0.39 is 22.0 Å². The first-order valence-electron chi connectivity index (χ1n) is 9.43. The van der Waals surface area contributed by atoms with Gasteiger partial charge in [-0.2, -0.15) is 4.72 Å². The van der Waals surface area contributed by atoms with Crippen LogP contribution in [0.25, 0.3) is 0 Å². The quantitative estimate of drug-likeness (QED) is 0.745. The number of nitrogens with zero attached hydrogens (tertiary/aromatic N) is 1. The molecule has 2 N–H and O–H groups in total. The molecule has 0 saturated carbocycles. The molecule has 1 atom stereocenters. The summed E-state index contributed by atoms with van der Waals surface area (Å²) in [5, 5.41) is 2.67. The standard InChI is InChI=1S/C20H25N3O5S/c1-13(2)19(20(24)22-18-7-4-6-14(3)21-18)23-29(25,26)15-8-9-16-17(12-15)28-11-5-10-27-16/h4,6-9,12-13,19,23H,5,10-11H2,1-3H3,(H,21,22,24). The molecule has 29 heavy (non-hydrogen) atoms. The maximum atomic E-state index is 12.9. The molecule has 8 nitrogen and oxygen atoms in total. The Bertz CT molecular complexity index is 991. The van der Waals surface area contributed by atoms with Gasteiger partial charge in [-0.1, -0.05) is 19.9 Å². The molecule has 2 aromatic rings. The Hall–Kier alpha value is -2.65. The minimum atomic E-state index is -3.96. The summed E-state index contributed by atoms with van der Waals surface area (Å²) in [6.07, 6.45) is 0.720. The number of carbonyl (C=O) groups is 1. The molecule has 156 valence electrons. The topological polar surface area (TPSA) is 107 Å².